The van der Waals surface area contributed by atoms with Crippen molar-refractivity contribution < 1.29 is 18.3 Å². The van der Waals surface area contributed by atoms with E-state index in [1.807, 2.05) is 30.3 Å². The monoisotopic (exact) mass is 322 g/mol. The van der Waals surface area contributed by atoms with Gasteiger partial charge in [-0.1, -0.05) is 30.3 Å². The first kappa shape index (κ1) is 19.8. The standard InChI is InChI=1S/C14H20F2N2O2.ClH/c1-20-8-7-18(10-13(15)16)14(19)9-12(17)11-5-3-2-4-6-11;/h2-6,12-13H,7-10,17H2,1H3;1H. The number of halogens is 3. The van der Waals surface area contributed by atoms with Crippen molar-refractivity contribution in [1.29, 1.82) is 0 Å². The summed E-state index contributed by atoms with van der Waals surface area (Å²) in [6, 6.07) is 8.61. The van der Waals surface area contributed by atoms with E-state index in [2.05, 4.69) is 0 Å². The van der Waals surface area contributed by atoms with Gasteiger partial charge in [0.2, 0.25) is 5.91 Å². The third-order valence-electron chi connectivity index (χ3n) is 2.90. The molecule has 1 amide bonds. The van der Waals surface area contributed by atoms with E-state index >= 15 is 0 Å². The number of carbonyl (C=O) groups is 1. The predicted molar refractivity (Wildman–Crippen MR) is 79.7 cm³/mol. The van der Waals surface area contributed by atoms with Crippen LogP contribution in [0.3, 0.4) is 0 Å². The first-order valence-electron chi connectivity index (χ1n) is 6.40. The fraction of sp³-hybridized carbons (Fsp3) is 0.500. The first-order chi connectivity index (χ1) is 9.54. The second-order valence-electron chi connectivity index (χ2n) is 4.44. The lowest BCUT2D eigenvalue weighted by atomic mass is 10.0. The molecule has 1 unspecified atom stereocenters. The van der Waals surface area contributed by atoms with Crippen LogP contribution < -0.4 is 5.73 Å². The van der Waals surface area contributed by atoms with Crippen LogP contribution in [0.2, 0.25) is 0 Å². The van der Waals surface area contributed by atoms with Crippen molar-refractivity contribution in [3.05, 3.63) is 35.9 Å². The molecule has 0 spiro atoms. The van der Waals surface area contributed by atoms with E-state index in [4.69, 9.17) is 10.5 Å². The zero-order chi connectivity index (χ0) is 15.0. The molecule has 0 aliphatic rings. The molecule has 7 heteroatoms. The highest BCUT2D eigenvalue weighted by molar-refractivity contribution is 5.85. The highest BCUT2D eigenvalue weighted by atomic mass is 35.5. The number of alkyl halides is 2. The van der Waals surface area contributed by atoms with E-state index in [1.54, 1.807) is 0 Å². The quantitative estimate of drug-likeness (QED) is 0.798. The van der Waals surface area contributed by atoms with Crippen molar-refractivity contribution in [3.8, 4) is 0 Å². The van der Waals surface area contributed by atoms with Crippen LogP contribution in [-0.2, 0) is 9.53 Å². The molecule has 0 radical (unpaired) electrons. The average Bonchev–Trinajstić information content (AvgIpc) is 2.43. The third-order valence-corrected chi connectivity index (χ3v) is 2.90. The number of hydrogen-bond donors (Lipinski definition) is 1. The van der Waals surface area contributed by atoms with E-state index in [0.717, 1.165) is 10.5 Å². The first-order valence-corrected chi connectivity index (χ1v) is 6.40. The Kier molecular flexibility index (Phi) is 9.86. The van der Waals surface area contributed by atoms with Crippen LogP contribution in [0.15, 0.2) is 30.3 Å². The topological polar surface area (TPSA) is 55.6 Å². The maximum atomic E-state index is 12.5. The normalized spacial score (nSPS) is 11.9. The van der Waals surface area contributed by atoms with Gasteiger partial charge in [0.1, 0.15) is 0 Å². The van der Waals surface area contributed by atoms with Crippen molar-refractivity contribution in [2.75, 3.05) is 26.8 Å². The summed E-state index contributed by atoms with van der Waals surface area (Å²) < 4.78 is 29.8. The zero-order valence-electron chi connectivity index (χ0n) is 11.9. The fourth-order valence-electron chi connectivity index (χ4n) is 1.82. The summed E-state index contributed by atoms with van der Waals surface area (Å²) in [6.07, 6.45) is -2.57. The van der Waals surface area contributed by atoms with Gasteiger partial charge in [-0.25, -0.2) is 8.78 Å². The summed E-state index contributed by atoms with van der Waals surface area (Å²) in [4.78, 5) is 13.1. The number of methoxy groups -OCH3 is 1. The molecule has 1 aromatic carbocycles. The van der Waals surface area contributed by atoms with Crippen LogP contribution in [0.4, 0.5) is 8.78 Å². The summed E-state index contributed by atoms with van der Waals surface area (Å²) in [7, 11) is 1.46. The average molecular weight is 323 g/mol. The van der Waals surface area contributed by atoms with Crippen LogP contribution in [0.25, 0.3) is 0 Å². The Morgan fingerprint density at radius 2 is 1.95 bits per heavy atom. The van der Waals surface area contributed by atoms with Crippen LogP contribution in [0.5, 0.6) is 0 Å². The molecular weight excluding hydrogens is 302 g/mol. The lowest BCUT2D eigenvalue weighted by molar-refractivity contribution is -0.134. The van der Waals surface area contributed by atoms with E-state index in [1.165, 1.54) is 7.11 Å². The van der Waals surface area contributed by atoms with Gasteiger partial charge in [-0.15, -0.1) is 12.4 Å². The molecule has 1 rings (SSSR count). The number of ether oxygens (including phenoxy) is 1. The Morgan fingerprint density at radius 3 is 2.48 bits per heavy atom. The number of carbonyl (C=O) groups excluding carboxylic acids is 1. The number of nitrogens with zero attached hydrogens (tertiary/aromatic N) is 1. The van der Waals surface area contributed by atoms with Crippen molar-refractivity contribution in [3.63, 3.8) is 0 Å². The van der Waals surface area contributed by atoms with Crippen molar-refractivity contribution in [1.82, 2.24) is 4.90 Å². The van der Waals surface area contributed by atoms with E-state index < -0.39 is 24.9 Å². The molecular formula is C14H21ClF2N2O2. The SMILES string of the molecule is COCCN(CC(F)F)C(=O)CC(N)c1ccccc1.Cl. The minimum atomic E-state index is -2.57. The highest BCUT2D eigenvalue weighted by Crippen LogP contribution is 2.15. The number of hydrogen-bond acceptors (Lipinski definition) is 3. The zero-order valence-corrected chi connectivity index (χ0v) is 12.7. The van der Waals surface area contributed by atoms with Gasteiger partial charge >= 0.3 is 0 Å². The van der Waals surface area contributed by atoms with Crippen molar-refractivity contribution >= 4 is 18.3 Å². The molecule has 0 fully saturated rings. The Bertz CT molecular complexity index is 407. The third kappa shape index (κ3) is 7.36. The molecule has 0 aliphatic carbocycles. The van der Waals surface area contributed by atoms with Crippen LogP contribution in [-0.4, -0.2) is 44.0 Å². The fourth-order valence-corrected chi connectivity index (χ4v) is 1.82. The smallest absolute Gasteiger partial charge is 0.255 e. The second kappa shape index (κ2) is 10.5. The van der Waals surface area contributed by atoms with Gasteiger partial charge in [-0.2, -0.15) is 0 Å². The maximum absolute atomic E-state index is 12.5. The number of benzene rings is 1. The molecule has 21 heavy (non-hydrogen) atoms. The van der Waals surface area contributed by atoms with Gasteiger partial charge in [0, 0.05) is 26.1 Å². The Morgan fingerprint density at radius 1 is 1.33 bits per heavy atom. The highest BCUT2D eigenvalue weighted by Gasteiger charge is 2.20. The Labute approximate surface area is 129 Å². The number of nitrogens with two attached hydrogens (primary N) is 1. The molecule has 0 aromatic heterocycles. The second-order valence-corrected chi connectivity index (χ2v) is 4.44. The van der Waals surface area contributed by atoms with Gasteiger partial charge in [0.15, 0.2) is 0 Å². The van der Waals surface area contributed by atoms with Crippen molar-refractivity contribution in [2.24, 2.45) is 5.73 Å². The minimum Gasteiger partial charge on any atom is -0.383 e. The molecule has 4 nitrogen and oxygen atoms in total. The molecule has 0 aliphatic heterocycles. The molecule has 0 bridgehead atoms. The molecule has 1 atom stereocenters. The maximum Gasteiger partial charge on any atom is 0.255 e. The van der Waals surface area contributed by atoms with Crippen molar-refractivity contribution in [2.45, 2.75) is 18.9 Å². The molecule has 0 heterocycles. The summed E-state index contributed by atoms with van der Waals surface area (Å²) in [5.74, 6) is -0.390. The van der Waals surface area contributed by atoms with Crippen LogP contribution in [0, 0.1) is 0 Å². The summed E-state index contributed by atoms with van der Waals surface area (Å²) in [6.45, 7) is -0.232. The molecule has 1 aromatic rings. The lowest BCUT2D eigenvalue weighted by Gasteiger charge is -2.23. The summed E-state index contributed by atoms with van der Waals surface area (Å²) in [5.41, 5.74) is 6.74. The number of rotatable bonds is 8. The molecule has 120 valence electrons. The van der Waals surface area contributed by atoms with Crippen LogP contribution in [0.1, 0.15) is 18.0 Å². The molecule has 0 saturated heterocycles. The van der Waals surface area contributed by atoms with Gasteiger partial charge in [0.25, 0.3) is 6.43 Å². The minimum absolute atomic E-state index is 0. The Hall–Kier alpha value is -1.24. The molecule has 2 N–H and O–H groups in total. The predicted octanol–water partition coefficient (Wildman–Crippen LogP) is 2.24. The van der Waals surface area contributed by atoms with Gasteiger partial charge in [-0.05, 0) is 5.56 Å². The molecule has 0 saturated carbocycles. The summed E-state index contributed by atoms with van der Waals surface area (Å²) in [5, 5.41) is 0. The van der Waals surface area contributed by atoms with E-state index in [-0.39, 0.29) is 32.0 Å². The van der Waals surface area contributed by atoms with Gasteiger partial charge < -0.3 is 15.4 Å². The van der Waals surface area contributed by atoms with Gasteiger partial charge in [0.05, 0.1) is 13.2 Å². The largest absolute Gasteiger partial charge is 0.383 e. The number of amides is 1. The lowest BCUT2D eigenvalue weighted by Crippen LogP contribution is -2.38. The van der Waals surface area contributed by atoms with E-state index in [0.29, 0.717) is 0 Å². The van der Waals surface area contributed by atoms with E-state index in [9.17, 15) is 13.6 Å². The summed E-state index contributed by atoms with van der Waals surface area (Å²) >= 11 is 0. The van der Waals surface area contributed by atoms with Gasteiger partial charge in [-0.3, -0.25) is 4.79 Å². The van der Waals surface area contributed by atoms with Crippen LogP contribution >= 0.6 is 12.4 Å². The Balaban J connectivity index is 0.00000400.